The lowest BCUT2D eigenvalue weighted by molar-refractivity contribution is 0.302. The summed E-state index contributed by atoms with van der Waals surface area (Å²) < 4.78 is 0. The van der Waals surface area contributed by atoms with E-state index in [2.05, 4.69) is 24.1 Å². The number of phenols is 1. The summed E-state index contributed by atoms with van der Waals surface area (Å²) in [6, 6.07) is 10.2. The highest BCUT2D eigenvalue weighted by molar-refractivity contribution is 5.92. The third-order valence-electron chi connectivity index (χ3n) is 5.22. The smallest absolute Gasteiger partial charge is 0.116 e. The molecule has 1 aliphatic heterocycles. The Morgan fingerprint density at radius 1 is 1.10 bits per heavy atom. The molecule has 0 spiro atoms. The lowest BCUT2D eigenvalue weighted by Crippen LogP contribution is -2.36. The van der Waals surface area contributed by atoms with E-state index in [0.29, 0.717) is 11.7 Å². The Bertz CT molecular complexity index is 664. The zero-order chi connectivity index (χ0) is 13.7. The summed E-state index contributed by atoms with van der Waals surface area (Å²) in [4.78, 5) is 2.41. The van der Waals surface area contributed by atoms with Crippen LogP contribution < -0.4 is 4.90 Å². The summed E-state index contributed by atoms with van der Waals surface area (Å²) in [7, 11) is 2.21. The molecule has 0 saturated heterocycles. The first-order chi connectivity index (χ1) is 9.74. The van der Waals surface area contributed by atoms with Crippen molar-refractivity contribution in [2.24, 2.45) is 5.92 Å². The van der Waals surface area contributed by atoms with Crippen LogP contribution in [0.5, 0.6) is 5.75 Å². The monoisotopic (exact) mass is 267 g/mol. The Hall–Kier alpha value is -1.70. The van der Waals surface area contributed by atoms with E-state index in [1.165, 1.54) is 54.3 Å². The molecule has 1 heterocycles. The average molecular weight is 267 g/mol. The van der Waals surface area contributed by atoms with Crippen molar-refractivity contribution >= 4 is 16.5 Å². The van der Waals surface area contributed by atoms with Gasteiger partial charge in [0.2, 0.25) is 0 Å². The zero-order valence-corrected chi connectivity index (χ0v) is 12.0. The van der Waals surface area contributed by atoms with Gasteiger partial charge < -0.3 is 10.0 Å². The normalized spacial score (nSPS) is 25.4. The molecule has 20 heavy (non-hydrogen) atoms. The number of anilines is 1. The van der Waals surface area contributed by atoms with E-state index in [1.54, 1.807) is 6.07 Å². The molecular formula is C18H21NO. The molecule has 0 amide bonds. The summed E-state index contributed by atoms with van der Waals surface area (Å²) in [6.45, 7) is 1.18. The van der Waals surface area contributed by atoms with Crippen molar-refractivity contribution in [2.75, 3.05) is 18.5 Å². The van der Waals surface area contributed by atoms with E-state index >= 15 is 0 Å². The van der Waals surface area contributed by atoms with Crippen molar-refractivity contribution < 1.29 is 5.11 Å². The van der Waals surface area contributed by atoms with E-state index in [4.69, 9.17) is 0 Å². The van der Waals surface area contributed by atoms with E-state index in [0.717, 1.165) is 5.92 Å². The molecule has 4 rings (SSSR count). The maximum Gasteiger partial charge on any atom is 0.116 e. The zero-order valence-electron chi connectivity index (χ0n) is 12.0. The molecular weight excluding hydrogens is 246 g/mol. The maximum atomic E-state index is 9.88. The van der Waals surface area contributed by atoms with Crippen LogP contribution in [0.2, 0.25) is 0 Å². The predicted molar refractivity (Wildman–Crippen MR) is 83.6 cm³/mol. The van der Waals surface area contributed by atoms with Crippen molar-refractivity contribution in [1.82, 2.24) is 0 Å². The van der Waals surface area contributed by atoms with Gasteiger partial charge in [-0.3, -0.25) is 0 Å². The summed E-state index contributed by atoms with van der Waals surface area (Å²) in [5, 5.41) is 12.4. The van der Waals surface area contributed by atoms with Gasteiger partial charge in [-0.1, -0.05) is 25.0 Å². The average Bonchev–Trinajstić information content (AvgIpc) is 2.46. The summed E-state index contributed by atoms with van der Waals surface area (Å²) in [5.74, 6) is 1.85. The molecule has 2 aromatic rings. The van der Waals surface area contributed by atoms with Gasteiger partial charge in [-0.05, 0) is 59.2 Å². The van der Waals surface area contributed by atoms with Crippen LogP contribution in [0.25, 0.3) is 10.8 Å². The highest BCUT2D eigenvalue weighted by atomic mass is 16.3. The van der Waals surface area contributed by atoms with Crippen LogP contribution in [0.4, 0.5) is 5.69 Å². The molecule has 2 nitrogen and oxygen atoms in total. The van der Waals surface area contributed by atoms with Gasteiger partial charge in [0.25, 0.3) is 0 Å². The molecule has 2 aliphatic rings. The first kappa shape index (κ1) is 12.1. The van der Waals surface area contributed by atoms with E-state index in [1.807, 2.05) is 12.1 Å². The quantitative estimate of drug-likeness (QED) is 0.770. The molecule has 1 saturated carbocycles. The lowest BCUT2D eigenvalue weighted by Gasteiger charge is -2.42. The largest absolute Gasteiger partial charge is 0.508 e. The van der Waals surface area contributed by atoms with Gasteiger partial charge in [0.15, 0.2) is 0 Å². The second-order valence-corrected chi connectivity index (χ2v) is 6.44. The fourth-order valence-corrected chi connectivity index (χ4v) is 4.30. The fourth-order valence-electron chi connectivity index (χ4n) is 4.30. The van der Waals surface area contributed by atoms with Gasteiger partial charge in [-0.25, -0.2) is 0 Å². The third-order valence-corrected chi connectivity index (χ3v) is 5.22. The van der Waals surface area contributed by atoms with Crippen molar-refractivity contribution in [2.45, 2.75) is 31.6 Å². The molecule has 2 heteroatoms. The van der Waals surface area contributed by atoms with E-state index in [-0.39, 0.29) is 0 Å². The van der Waals surface area contributed by atoms with Crippen molar-refractivity contribution in [3.63, 3.8) is 0 Å². The number of aromatic hydroxyl groups is 1. The van der Waals surface area contributed by atoms with Crippen LogP contribution in [0.3, 0.4) is 0 Å². The second-order valence-electron chi connectivity index (χ2n) is 6.44. The molecule has 1 fully saturated rings. The highest BCUT2D eigenvalue weighted by Crippen LogP contribution is 2.48. The Balaban J connectivity index is 1.99. The third kappa shape index (κ3) is 1.71. The minimum Gasteiger partial charge on any atom is -0.508 e. The second kappa shape index (κ2) is 4.41. The van der Waals surface area contributed by atoms with Crippen LogP contribution in [0.15, 0.2) is 30.3 Å². The SMILES string of the molecule is CN1CC2CCCCC2c2c1ccc1ccc(O)cc21. The molecule has 0 radical (unpaired) electrons. The summed E-state index contributed by atoms with van der Waals surface area (Å²) in [6.07, 6.45) is 5.38. The Labute approximate surface area is 120 Å². The van der Waals surface area contributed by atoms with Crippen LogP contribution in [0, 0.1) is 5.92 Å². The number of rotatable bonds is 0. The number of fused-ring (bicyclic) bond motifs is 5. The highest BCUT2D eigenvalue weighted by Gasteiger charge is 2.34. The first-order valence-electron chi connectivity index (χ1n) is 7.71. The molecule has 1 N–H and O–H groups in total. The van der Waals surface area contributed by atoms with Crippen LogP contribution in [0.1, 0.15) is 37.2 Å². The standard InChI is InChI=1S/C18H21NO/c1-19-11-13-4-2-3-5-15(13)18-16-10-14(20)8-6-12(16)7-9-17(18)19/h6-10,13,15,20H,2-5,11H2,1H3. The van der Waals surface area contributed by atoms with Crippen molar-refractivity contribution in [1.29, 1.82) is 0 Å². The first-order valence-corrected chi connectivity index (χ1v) is 7.71. The lowest BCUT2D eigenvalue weighted by atomic mass is 9.71. The van der Waals surface area contributed by atoms with Gasteiger partial charge in [0.05, 0.1) is 0 Å². The predicted octanol–water partition coefficient (Wildman–Crippen LogP) is 4.27. The number of hydrogen-bond acceptors (Lipinski definition) is 2. The molecule has 2 unspecified atom stereocenters. The minimum atomic E-state index is 0.381. The molecule has 2 atom stereocenters. The van der Waals surface area contributed by atoms with E-state index in [9.17, 15) is 5.11 Å². The number of phenolic OH excluding ortho intramolecular Hbond substituents is 1. The van der Waals surface area contributed by atoms with Gasteiger partial charge in [-0.15, -0.1) is 0 Å². The Morgan fingerprint density at radius 3 is 2.80 bits per heavy atom. The summed E-state index contributed by atoms with van der Waals surface area (Å²) >= 11 is 0. The molecule has 2 aromatic carbocycles. The maximum absolute atomic E-state index is 9.88. The fraction of sp³-hybridized carbons (Fsp3) is 0.444. The van der Waals surface area contributed by atoms with Crippen molar-refractivity contribution in [3.8, 4) is 5.75 Å². The Morgan fingerprint density at radius 2 is 1.90 bits per heavy atom. The topological polar surface area (TPSA) is 23.5 Å². The van der Waals surface area contributed by atoms with Gasteiger partial charge >= 0.3 is 0 Å². The van der Waals surface area contributed by atoms with Gasteiger partial charge in [-0.2, -0.15) is 0 Å². The van der Waals surface area contributed by atoms with Crippen LogP contribution >= 0.6 is 0 Å². The molecule has 0 aromatic heterocycles. The number of nitrogens with zero attached hydrogens (tertiary/aromatic N) is 1. The van der Waals surface area contributed by atoms with Crippen LogP contribution in [-0.4, -0.2) is 18.7 Å². The Kier molecular flexibility index (Phi) is 2.66. The van der Waals surface area contributed by atoms with Crippen molar-refractivity contribution in [3.05, 3.63) is 35.9 Å². The summed E-state index contributed by atoms with van der Waals surface area (Å²) in [5.41, 5.74) is 2.85. The minimum absolute atomic E-state index is 0.381. The van der Waals surface area contributed by atoms with Gasteiger partial charge in [0.1, 0.15) is 5.75 Å². The van der Waals surface area contributed by atoms with E-state index < -0.39 is 0 Å². The molecule has 1 aliphatic carbocycles. The van der Waals surface area contributed by atoms with Crippen LogP contribution in [-0.2, 0) is 0 Å². The number of benzene rings is 2. The van der Waals surface area contributed by atoms with Gasteiger partial charge in [0, 0.05) is 19.3 Å². The molecule has 104 valence electrons. The number of hydrogen-bond donors (Lipinski definition) is 1. The molecule has 0 bridgehead atoms.